The molecular weight excluding hydrogens is 200 g/mol. The molecule has 0 saturated carbocycles. The van der Waals surface area contributed by atoms with E-state index in [9.17, 15) is 4.79 Å². The van der Waals surface area contributed by atoms with E-state index < -0.39 is 12.5 Å². The molecule has 0 bridgehead atoms. The summed E-state index contributed by atoms with van der Waals surface area (Å²) in [4.78, 5) is 10.6. The molecule has 0 radical (unpaired) electrons. The third kappa shape index (κ3) is 3.28. The van der Waals surface area contributed by atoms with Crippen molar-refractivity contribution >= 4 is 12.1 Å². The van der Waals surface area contributed by atoms with E-state index in [-0.39, 0.29) is 11.5 Å². The number of rotatable bonds is 3. The number of amides is 1. The topological polar surface area (TPSA) is 102 Å². The molecule has 0 aliphatic rings. The van der Waals surface area contributed by atoms with Crippen molar-refractivity contribution in [3.63, 3.8) is 0 Å². The van der Waals surface area contributed by atoms with Gasteiger partial charge in [0.15, 0.2) is 11.5 Å². The van der Waals surface area contributed by atoms with Crippen LogP contribution in [0.2, 0.25) is 0 Å². The molecule has 0 saturated heterocycles. The summed E-state index contributed by atoms with van der Waals surface area (Å²) in [5.41, 5.74) is 2.55. The predicted octanol–water partition coefficient (Wildman–Crippen LogP) is -0.460. The van der Waals surface area contributed by atoms with Gasteiger partial charge < -0.3 is 15.3 Å². The van der Waals surface area contributed by atoms with E-state index >= 15 is 0 Å². The number of aromatic hydroxyl groups is 2. The molecule has 0 atom stereocenters. The van der Waals surface area contributed by atoms with Gasteiger partial charge in [-0.1, -0.05) is 0 Å². The molecule has 80 valence electrons. The Morgan fingerprint density at radius 3 is 2.73 bits per heavy atom. The molecule has 15 heavy (non-hydrogen) atoms. The van der Waals surface area contributed by atoms with Crippen molar-refractivity contribution in [3.8, 4) is 11.5 Å². The monoisotopic (exact) mass is 210 g/mol. The van der Waals surface area contributed by atoms with Crippen LogP contribution in [-0.4, -0.2) is 34.0 Å². The zero-order valence-electron chi connectivity index (χ0n) is 7.71. The standard InChI is InChI=1S/C9H10N2O4/c12-5-9(15)11-10-4-6-1-2-7(13)8(14)3-6/h1-4,12-14H,5H2,(H,11,15)/b10-4+. The van der Waals surface area contributed by atoms with E-state index in [4.69, 9.17) is 15.3 Å². The first kappa shape index (κ1) is 11.0. The summed E-state index contributed by atoms with van der Waals surface area (Å²) in [7, 11) is 0. The Morgan fingerprint density at radius 2 is 2.13 bits per heavy atom. The minimum absolute atomic E-state index is 0.230. The van der Waals surface area contributed by atoms with Crippen LogP contribution in [0.5, 0.6) is 11.5 Å². The molecule has 1 aromatic rings. The second-order valence-corrected chi connectivity index (χ2v) is 2.70. The lowest BCUT2D eigenvalue weighted by Gasteiger charge is -1.98. The van der Waals surface area contributed by atoms with Crippen LogP contribution in [0.1, 0.15) is 5.56 Å². The molecule has 4 N–H and O–H groups in total. The lowest BCUT2D eigenvalue weighted by molar-refractivity contribution is -0.123. The third-order valence-corrected chi connectivity index (χ3v) is 1.55. The van der Waals surface area contributed by atoms with Crippen LogP contribution < -0.4 is 5.43 Å². The first-order valence-corrected chi connectivity index (χ1v) is 4.08. The van der Waals surface area contributed by atoms with Crippen LogP contribution in [-0.2, 0) is 4.79 Å². The van der Waals surface area contributed by atoms with Gasteiger partial charge in [0.1, 0.15) is 6.61 Å². The number of hydrogen-bond donors (Lipinski definition) is 4. The highest BCUT2D eigenvalue weighted by atomic mass is 16.3. The number of benzene rings is 1. The lowest BCUT2D eigenvalue weighted by atomic mass is 10.2. The number of aliphatic hydroxyl groups excluding tert-OH is 1. The fraction of sp³-hybridized carbons (Fsp3) is 0.111. The molecule has 0 fully saturated rings. The Balaban J connectivity index is 2.65. The fourth-order valence-corrected chi connectivity index (χ4v) is 0.835. The number of hydrogen-bond acceptors (Lipinski definition) is 5. The van der Waals surface area contributed by atoms with E-state index in [1.54, 1.807) is 0 Å². The van der Waals surface area contributed by atoms with Gasteiger partial charge >= 0.3 is 0 Å². The van der Waals surface area contributed by atoms with Gasteiger partial charge in [0, 0.05) is 0 Å². The number of phenols is 2. The Hall–Kier alpha value is -2.08. The van der Waals surface area contributed by atoms with Gasteiger partial charge in [0.05, 0.1) is 6.21 Å². The second-order valence-electron chi connectivity index (χ2n) is 2.70. The molecule has 1 amide bonds. The van der Waals surface area contributed by atoms with Crippen molar-refractivity contribution in [2.24, 2.45) is 5.10 Å². The largest absolute Gasteiger partial charge is 0.504 e. The molecule has 6 nitrogen and oxygen atoms in total. The molecule has 0 heterocycles. The first-order chi connectivity index (χ1) is 7.13. The molecule has 0 spiro atoms. The van der Waals surface area contributed by atoms with E-state index in [0.29, 0.717) is 5.56 Å². The summed E-state index contributed by atoms with van der Waals surface area (Å²) >= 11 is 0. The highest BCUT2D eigenvalue weighted by molar-refractivity contribution is 5.83. The fourth-order valence-electron chi connectivity index (χ4n) is 0.835. The van der Waals surface area contributed by atoms with Gasteiger partial charge in [-0.15, -0.1) is 0 Å². The molecular formula is C9H10N2O4. The highest BCUT2D eigenvalue weighted by Crippen LogP contribution is 2.23. The molecule has 0 aliphatic carbocycles. The van der Waals surface area contributed by atoms with Crippen molar-refractivity contribution < 1.29 is 20.1 Å². The number of carbonyl (C=O) groups is 1. The van der Waals surface area contributed by atoms with Gasteiger partial charge in [-0.05, 0) is 23.8 Å². The number of aliphatic hydroxyl groups is 1. The van der Waals surface area contributed by atoms with Gasteiger partial charge in [0.2, 0.25) is 0 Å². The van der Waals surface area contributed by atoms with Crippen LogP contribution in [0, 0.1) is 0 Å². The molecule has 0 aromatic heterocycles. The van der Waals surface area contributed by atoms with Gasteiger partial charge in [-0.2, -0.15) is 5.10 Å². The van der Waals surface area contributed by atoms with Crippen LogP contribution in [0.25, 0.3) is 0 Å². The normalized spacial score (nSPS) is 10.5. The summed E-state index contributed by atoms with van der Waals surface area (Å²) in [6.45, 7) is -0.641. The van der Waals surface area contributed by atoms with E-state index in [2.05, 4.69) is 10.5 Å². The quantitative estimate of drug-likeness (QED) is 0.308. The van der Waals surface area contributed by atoms with Crippen LogP contribution >= 0.6 is 0 Å². The molecule has 6 heteroatoms. The summed E-state index contributed by atoms with van der Waals surface area (Å²) in [6, 6.07) is 4.08. The van der Waals surface area contributed by atoms with Gasteiger partial charge in [-0.25, -0.2) is 5.43 Å². The van der Waals surface area contributed by atoms with Crippen LogP contribution in [0.15, 0.2) is 23.3 Å². The summed E-state index contributed by atoms with van der Waals surface area (Å²) < 4.78 is 0. The Bertz CT molecular complexity index is 390. The van der Waals surface area contributed by atoms with Crippen LogP contribution in [0.3, 0.4) is 0 Å². The average Bonchev–Trinajstić information content (AvgIpc) is 2.23. The van der Waals surface area contributed by atoms with Gasteiger partial charge in [0.25, 0.3) is 5.91 Å². The predicted molar refractivity (Wildman–Crippen MR) is 52.6 cm³/mol. The Morgan fingerprint density at radius 1 is 1.40 bits per heavy atom. The van der Waals surface area contributed by atoms with Crippen molar-refractivity contribution in [1.82, 2.24) is 5.43 Å². The zero-order valence-corrected chi connectivity index (χ0v) is 7.71. The van der Waals surface area contributed by atoms with Crippen molar-refractivity contribution in [3.05, 3.63) is 23.8 Å². The van der Waals surface area contributed by atoms with E-state index in [0.717, 1.165) is 0 Å². The maximum atomic E-state index is 10.6. The summed E-state index contributed by atoms with van der Waals surface area (Å²) in [6.07, 6.45) is 1.27. The molecule has 0 aliphatic heterocycles. The van der Waals surface area contributed by atoms with Gasteiger partial charge in [-0.3, -0.25) is 4.79 Å². The number of phenolic OH excluding ortho intramolecular Hbond substituents is 2. The number of carbonyl (C=O) groups excluding carboxylic acids is 1. The van der Waals surface area contributed by atoms with Crippen molar-refractivity contribution in [1.29, 1.82) is 0 Å². The number of hydrazone groups is 1. The minimum Gasteiger partial charge on any atom is -0.504 e. The average molecular weight is 210 g/mol. The molecule has 0 unspecified atom stereocenters. The maximum absolute atomic E-state index is 10.6. The lowest BCUT2D eigenvalue weighted by Crippen LogP contribution is -2.20. The summed E-state index contributed by atoms with van der Waals surface area (Å²) in [5, 5.41) is 30.0. The summed E-state index contributed by atoms with van der Waals surface area (Å²) in [5.74, 6) is -1.13. The third-order valence-electron chi connectivity index (χ3n) is 1.55. The molecule has 1 rings (SSSR count). The number of nitrogens with zero attached hydrogens (tertiary/aromatic N) is 1. The Labute approximate surface area is 85.5 Å². The van der Waals surface area contributed by atoms with E-state index in [1.807, 2.05) is 0 Å². The highest BCUT2D eigenvalue weighted by Gasteiger charge is 1.98. The second kappa shape index (κ2) is 4.97. The first-order valence-electron chi connectivity index (χ1n) is 4.08. The maximum Gasteiger partial charge on any atom is 0.265 e. The zero-order chi connectivity index (χ0) is 11.3. The smallest absolute Gasteiger partial charge is 0.265 e. The number of nitrogens with one attached hydrogen (secondary N) is 1. The van der Waals surface area contributed by atoms with E-state index in [1.165, 1.54) is 24.4 Å². The van der Waals surface area contributed by atoms with Crippen molar-refractivity contribution in [2.45, 2.75) is 0 Å². The Kier molecular flexibility index (Phi) is 3.64. The van der Waals surface area contributed by atoms with Crippen LogP contribution in [0.4, 0.5) is 0 Å². The SMILES string of the molecule is O=C(CO)N/N=C/c1ccc(O)c(O)c1. The molecule has 1 aromatic carbocycles. The van der Waals surface area contributed by atoms with Crippen molar-refractivity contribution in [2.75, 3.05) is 6.61 Å². The minimum atomic E-state index is -0.641.